The van der Waals surface area contributed by atoms with Crippen molar-refractivity contribution in [3.05, 3.63) is 132 Å². The largest absolute Gasteiger partial charge is 0.256 e. The second-order valence-electron chi connectivity index (χ2n) is 13.9. The van der Waals surface area contributed by atoms with Crippen molar-refractivity contribution in [3.63, 3.8) is 0 Å². The van der Waals surface area contributed by atoms with E-state index in [2.05, 4.69) is 81.7 Å². The molecule has 2 aromatic heterocycles. The number of pyridine rings is 1. The average molecular weight is 621 g/mol. The molecule has 0 atom stereocenters. The molecule has 10 rings (SSSR count). The van der Waals surface area contributed by atoms with E-state index >= 15 is 0 Å². The van der Waals surface area contributed by atoms with Gasteiger partial charge in [-0.2, -0.15) is 10.5 Å². The van der Waals surface area contributed by atoms with Gasteiger partial charge < -0.3 is 0 Å². The Bertz CT molecular complexity index is 2230. The summed E-state index contributed by atoms with van der Waals surface area (Å²) in [6.45, 7) is 0. The second kappa shape index (κ2) is 11.2. The minimum Gasteiger partial charge on any atom is -0.256 e. The van der Waals surface area contributed by atoms with E-state index in [1.54, 1.807) is 18.5 Å². The summed E-state index contributed by atoms with van der Waals surface area (Å²) >= 11 is 0. The summed E-state index contributed by atoms with van der Waals surface area (Å²) < 4.78 is 0. The Morgan fingerprint density at radius 1 is 0.562 bits per heavy atom. The molecule has 0 radical (unpaired) electrons. The Balaban J connectivity index is 1.10. The number of rotatable bonds is 5. The molecule has 6 nitrogen and oxygen atoms in total. The van der Waals surface area contributed by atoms with E-state index in [1.165, 1.54) is 43.2 Å². The quantitative estimate of drug-likeness (QED) is 0.191. The third-order valence-corrected chi connectivity index (χ3v) is 11.4. The Morgan fingerprint density at radius 3 is 1.69 bits per heavy atom. The smallest absolute Gasteiger partial charge is 0.163 e. The Hall–Kier alpha value is -5.72. The highest BCUT2D eigenvalue weighted by Crippen LogP contribution is 2.65. The van der Waals surface area contributed by atoms with E-state index in [0.29, 0.717) is 34.6 Å². The summed E-state index contributed by atoms with van der Waals surface area (Å²) in [7, 11) is 0. The molecule has 4 bridgehead atoms. The van der Waals surface area contributed by atoms with Crippen LogP contribution in [0.1, 0.15) is 54.4 Å². The van der Waals surface area contributed by atoms with Gasteiger partial charge in [0, 0.05) is 28.1 Å². The van der Waals surface area contributed by atoms with Crippen LogP contribution in [0, 0.1) is 46.3 Å². The predicted octanol–water partition coefficient (Wildman–Crippen LogP) is 8.91. The van der Waals surface area contributed by atoms with Crippen molar-refractivity contribution < 1.29 is 0 Å². The van der Waals surface area contributed by atoms with E-state index < -0.39 is 0 Å². The standard InChI is InChI=1S/C42H32N6/c43-23-26-1-4-31(5-2-26)40-46-25-47-41(48-40)32-8-12-34(13-9-32)42(35-18-28-17-29(20-35)21-36(42)19-28)33-10-6-30(7-11-33)37-15-16-45-39-14-3-27(24-44)22-38(37)39/h1-16,22,25,28-29,35-36H,17-21H2. The fraction of sp³-hybridized carbons (Fsp3) is 0.238. The molecular weight excluding hydrogens is 589 g/mol. The zero-order valence-corrected chi connectivity index (χ0v) is 26.4. The molecular formula is C42H32N6. The molecule has 0 aliphatic heterocycles. The van der Waals surface area contributed by atoms with Gasteiger partial charge in [0.25, 0.3) is 0 Å². The number of nitrogens with zero attached hydrogens (tertiary/aromatic N) is 6. The summed E-state index contributed by atoms with van der Waals surface area (Å²) in [6, 6.07) is 37.9. The first-order valence-electron chi connectivity index (χ1n) is 16.8. The summed E-state index contributed by atoms with van der Waals surface area (Å²) in [6.07, 6.45) is 10.0. The number of nitriles is 2. The van der Waals surface area contributed by atoms with Gasteiger partial charge in [-0.25, -0.2) is 15.0 Å². The van der Waals surface area contributed by atoms with Crippen molar-refractivity contribution in [3.8, 4) is 46.0 Å². The van der Waals surface area contributed by atoms with Crippen molar-refractivity contribution in [2.45, 2.75) is 37.5 Å². The average Bonchev–Trinajstić information content (AvgIpc) is 3.15. The third-order valence-electron chi connectivity index (χ3n) is 11.4. The van der Waals surface area contributed by atoms with E-state index in [9.17, 15) is 10.5 Å². The highest BCUT2D eigenvalue weighted by molar-refractivity contribution is 5.95. The molecule has 4 saturated carbocycles. The van der Waals surface area contributed by atoms with Crippen LogP contribution in [0.15, 0.2) is 110 Å². The highest BCUT2D eigenvalue weighted by atomic mass is 15.0. The zero-order valence-electron chi connectivity index (χ0n) is 26.4. The van der Waals surface area contributed by atoms with Gasteiger partial charge in [-0.15, -0.1) is 0 Å². The van der Waals surface area contributed by atoms with Gasteiger partial charge in [0.1, 0.15) is 6.33 Å². The van der Waals surface area contributed by atoms with Crippen LogP contribution in [0.5, 0.6) is 0 Å². The monoisotopic (exact) mass is 620 g/mol. The molecule has 0 N–H and O–H groups in total. The molecule has 0 amide bonds. The lowest BCUT2D eigenvalue weighted by Gasteiger charge is -2.62. The molecule has 6 aromatic rings. The SMILES string of the molecule is N#Cc1ccc(-c2ncnc(-c3ccc(C4(c5ccc(-c6ccnc7ccc(C#N)cc67)cc5)C5CC6CC(C5)CC4C6)cc3)n2)cc1. The lowest BCUT2D eigenvalue weighted by atomic mass is 9.42. The van der Waals surface area contributed by atoms with Crippen molar-refractivity contribution in [2.75, 3.05) is 0 Å². The lowest BCUT2D eigenvalue weighted by molar-refractivity contribution is -0.0418. The molecule has 0 spiro atoms. The molecule has 48 heavy (non-hydrogen) atoms. The normalized spacial score (nSPS) is 23.9. The first-order valence-corrected chi connectivity index (χ1v) is 16.8. The maximum Gasteiger partial charge on any atom is 0.163 e. The molecule has 4 fully saturated rings. The molecule has 6 heteroatoms. The van der Waals surface area contributed by atoms with Gasteiger partial charge >= 0.3 is 0 Å². The van der Waals surface area contributed by atoms with Crippen molar-refractivity contribution >= 4 is 10.9 Å². The Morgan fingerprint density at radius 2 is 1.10 bits per heavy atom. The molecule has 230 valence electrons. The summed E-state index contributed by atoms with van der Waals surface area (Å²) in [5.41, 5.74) is 8.98. The zero-order chi connectivity index (χ0) is 32.2. The van der Waals surface area contributed by atoms with Gasteiger partial charge in [0.05, 0.1) is 28.8 Å². The summed E-state index contributed by atoms with van der Waals surface area (Å²) in [5.74, 6) is 4.17. The third kappa shape index (κ3) is 4.52. The first kappa shape index (κ1) is 28.5. The Labute approximate surface area is 279 Å². The van der Waals surface area contributed by atoms with Crippen LogP contribution in [-0.4, -0.2) is 19.9 Å². The highest BCUT2D eigenvalue weighted by Gasteiger charge is 2.58. The van der Waals surface area contributed by atoms with Gasteiger partial charge in [0.2, 0.25) is 0 Å². The van der Waals surface area contributed by atoms with E-state index in [1.807, 2.05) is 36.5 Å². The van der Waals surface area contributed by atoms with Crippen molar-refractivity contribution in [1.29, 1.82) is 10.5 Å². The van der Waals surface area contributed by atoms with E-state index in [-0.39, 0.29) is 5.41 Å². The van der Waals surface area contributed by atoms with Crippen molar-refractivity contribution in [2.24, 2.45) is 23.7 Å². The minimum atomic E-state index is -0.0362. The van der Waals surface area contributed by atoms with E-state index in [0.717, 1.165) is 45.0 Å². The fourth-order valence-electron chi connectivity index (χ4n) is 9.59. The molecule has 4 aliphatic carbocycles. The molecule has 0 unspecified atom stereocenters. The maximum atomic E-state index is 9.54. The van der Waals surface area contributed by atoms with Gasteiger partial charge in [-0.3, -0.25) is 4.98 Å². The van der Waals surface area contributed by atoms with Gasteiger partial charge in [0.15, 0.2) is 11.6 Å². The summed E-state index contributed by atoms with van der Waals surface area (Å²) in [4.78, 5) is 18.3. The lowest BCUT2D eigenvalue weighted by Crippen LogP contribution is -2.56. The number of hydrogen-bond acceptors (Lipinski definition) is 6. The second-order valence-corrected chi connectivity index (χ2v) is 13.9. The fourth-order valence-corrected chi connectivity index (χ4v) is 9.59. The van der Waals surface area contributed by atoms with Crippen LogP contribution in [0.3, 0.4) is 0 Å². The van der Waals surface area contributed by atoms with Gasteiger partial charge in [-0.1, -0.05) is 48.5 Å². The molecule has 4 aliphatic rings. The number of hydrogen-bond donors (Lipinski definition) is 0. The molecule has 4 aromatic carbocycles. The van der Waals surface area contributed by atoms with Crippen LogP contribution in [0.4, 0.5) is 0 Å². The number of benzene rings is 4. The van der Waals surface area contributed by atoms with Crippen molar-refractivity contribution in [1.82, 2.24) is 19.9 Å². The number of fused-ring (bicyclic) bond motifs is 1. The maximum absolute atomic E-state index is 9.54. The first-order chi connectivity index (χ1) is 23.6. The van der Waals surface area contributed by atoms with Crippen LogP contribution in [0.2, 0.25) is 0 Å². The predicted molar refractivity (Wildman–Crippen MR) is 185 cm³/mol. The number of aromatic nitrogens is 4. The van der Waals surface area contributed by atoms with Crippen LogP contribution in [-0.2, 0) is 5.41 Å². The summed E-state index contributed by atoms with van der Waals surface area (Å²) in [5, 5.41) is 19.7. The molecule has 0 saturated heterocycles. The van der Waals surface area contributed by atoms with Crippen LogP contribution >= 0.6 is 0 Å². The minimum absolute atomic E-state index is 0.0362. The van der Waals surface area contributed by atoms with Gasteiger partial charge in [-0.05, 0) is 127 Å². The van der Waals surface area contributed by atoms with Crippen LogP contribution < -0.4 is 0 Å². The topological polar surface area (TPSA) is 99.1 Å². The van der Waals surface area contributed by atoms with Crippen LogP contribution in [0.25, 0.3) is 44.8 Å². The molecule has 2 heterocycles. The van der Waals surface area contributed by atoms with E-state index in [4.69, 9.17) is 4.98 Å². The Kier molecular flexibility index (Phi) is 6.66.